The Balaban J connectivity index is 0.986. The summed E-state index contributed by atoms with van der Waals surface area (Å²) < 4.78 is 38.0. The quantitative estimate of drug-likeness (QED) is 0.0213. The third-order valence-electron chi connectivity index (χ3n) is 12.0. The topological polar surface area (TPSA) is 437 Å². The standard InChI is InChI=1S/C45H60O29/c1-62-24-11-18(5-9-22(24)52)3-7-20(50)13-21(51)8-4-19-6-10-23(25(12-19)63-2)64-42-36(59)32(55)39(27(15-47)66-42)69-73-44-38(61)34(57)41(29(17-49)68-44)71-74-45-37(60)33(56)40(28(16-48)67-45)70-72-43-35(58)31(54)30(53)26(14-46)65-43/h3-12,26-49,52-61H,13-17H2,1-2H3/b7-3+,8-4+/t26-,27-,28-,29-,30-,31+,32-,33-,34-,35-,36-,37-,38-,39-,40-,41-,42+,43-,44-,45-/m1/s1. The fourth-order valence-corrected chi connectivity index (χ4v) is 7.75. The molecule has 2 aromatic rings. The molecular formula is C45H60O29. The summed E-state index contributed by atoms with van der Waals surface area (Å²) in [6.07, 6.45) is -31.8. The van der Waals surface area contributed by atoms with Gasteiger partial charge in [0, 0.05) is 0 Å². The maximum absolute atomic E-state index is 12.6. The molecule has 4 fully saturated rings. The van der Waals surface area contributed by atoms with Crippen molar-refractivity contribution in [2.45, 2.75) is 129 Å². The Bertz CT molecular complexity index is 2170. The van der Waals surface area contributed by atoms with Gasteiger partial charge < -0.3 is 105 Å². The average Bonchev–Trinajstić information content (AvgIpc) is 3.40. The van der Waals surface area contributed by atoms with Crippen molar-refractivity contribution in [3.8, 4) is 23.0 Å². The minimum Gasteiger partial charge on any atom is -0.504 e. The molecule has 414 valence electrons. The van der Waals surface area contributed by atoms with Crippen LogP contribution in [0, 0.1) is 0 Å². The molecule has 4 aliphatic rings. The van der Waals surface area contributed by atoms with Crippen molar-refractivity contribution >= 4 is 23.7 Å². The normalized spacial score (nSPS) is 36.7. The van der Waals surface area contributed by atoms with Crippen molar-refractivity contribution in [3.63, 3.8) is 0 Å². The van der Waals surface area contributed by atoms with Crippen LogP contribution in [0.4, 0.5) is 0 Å². The Kier molecular flexibility index (Phi) is 21.5. The number of phenolic OH excluding ortho intramolecular Hbond substituents is 1. The van der Waals surface area contributed by atoms with E-state index in [1.165, 1.54) is 68.9 Å². The molecule has 4 heterocycles. The molecule has 6 rings (SSSR count). The number of carbonyl (C=O) groups is 2. The summed E-state index contributed by atoms with van der Waals surface area (Å²) in [4.78, 5) is 55.7. The van der Waals surface area contributed by atoms with Crippen LogP contribution < -0.4 is 14.2 Å². The van der Waals surface area contributed by atoms with Crippen LogP contribution in [-0.4, -0.2) is 247 Å². The van der Waals surface area contributed by atoms with Gasteiger partial charge in [0.15, 0.2) is 40.7 Å². The van der Waals surface area contributed by atoms with Gasteiger partial charge in [-0.3, -0.25) is 9.59 Å². The summed E-state index contributed by atoms with van der Waals surface area (Å²) >= 11 is 0. The Hall–Kier alpha value is -4.46. The highest BCUT2D eigenvalue weighted by Crippen LogP contribution is 2.35. The molecule has 0 amide bonds. The van der Waals surface area contributed by atoms with Gasteiger partial charge in [0.2, 0.25) is 25.2 Å². The number of rotatable bonds is 23. The Labute approximate surface area is 419 Å². The minimum absolute atomic E-state index is 0.0267. The number of methoxy groups -OCH3 is 2. The fraction of sp³-hybridized carbons (Fsp3) is 0.600. The maximum Gasteiger partial charge on any atom is 0.229 e. The summed E-state index contributed by atoms with van der Waals surface area (Å²) in [5.74, 6) is -0.834. The predicted molar refractivity (Wildman–Crippen MR) is 236 cm³/mol. The number of aliphatic hydroxyl groups excluding tert-OH is 13. The number of aromatic hydroxyl groups is 1. The largest absolute Gasteiger partial charge is 0.504 e. The molecule has 0 saturated carbocycles. The highest BCUT2D eigenvalue weighted by molar-refractivity contribution is 6.10. The van der Waals surface area contributed by atoms with Crippen LogP contribution in [0.25, 0.3) is 12.2 Å². The van der Waals surface area contributed by atoms with E-state index in [2.05, 4.69) is 0 Å². The zero-order valence-electron chi connectivity index (χ0n) is 39.2. The van der Waals surface area contributed by atoms with Gasteiger partial charge in [-0.1, -0.05) is 24.3 Å². The van der Waals surface area contributed by atoms with Gasteiger partial charge in [0.25, 0.3) is 0 Å². The van der Waals surface area contributed by atoms with Gasteiger partial charge in [-0.2, -0.15) is 0 Å². The lowest BCUT2D eigenvalue weighted by molar-refractivity contribution is -0.501. The number of ether oxygens (including phenoxy) is 7. The summed E-state index contributed by atoms with van der Waals surface area (Å²) in [6, 6.07) is 8.80. The smallest absolute Gasteiger partial charge is 0.229 e. The lowest BCUT2D eigenvalue weighted by Crippen LogP contribution is -2.64. The molecule has 0 aromatic heterocycles. The molecule has 0 bridgehead atoms. The monoisotopic (exact) mass is 1060 g/mol. The molecule has 29 heteroatoms. The van der Waals surface area contributed by atoms with Gasteiger partial charge >= 0.3 is 0 Å². The number of carbonyl (C=O) groups excluding carboxylic acids is 2. The van der Waals surface area contributed by atoms with Crippen LogP contribution in [0.15, 0.2) is 48.6 Å². The van der Waals surface area contributed by atoms with Gasteiger partial charge in [-0.15, -0.1) is 0 Å². The molecule has 0 spiro atoms. The first kappa shape index (κ1) is 58.8. The molecule has 29 nitrogen and oxygen atoms in total. The molecule has 20 atom stereocenters. The van der Waals surface area contributed by atoms with Crippen molar-refractivity contribution in [1.82, 2.24) is 0 Å². The van der Waals surface area contributed by atoms with Gasteiger partial charge in [-0.25, -0.2) is 29.3 Å². The summed E-state index contributed by atoms with van der Waals surface area (Å²) in [6.45, 7) is -3.59. The van der Waals surface area contributed by atoms with Crippen LogP contribution in [0.1, 0.15) is 17.5 Å². The van der Waals surface area contributed by atoms with Crippen molar-refractivity contribution in [1.29, 1.82) is 0 Å². The van der Waals surface area contributed by atoms with E-state index in [-0.39, 0.29) is 23.0 Å². The van der Waals surface area contributed by atoms with Crippen LogP contribution in [0.5, 0.6) is 23.0 Å². The molecule has 14 N–H and O–H groups in total. The zero-order chi connectivity index (χ0) is 54.0. The minimum atomic E-state index is -2.11. The van der Waals surface area contributed by atoms with E-state index in [1.54, 1.807) is 6.07 Å². The van der Waals surface area contributed by atoms with Crippen molar-refractivity contribution in [2.24, 2.45) is 0 Å². The second-order valence-electron chi connectivity index (χ2n) is 17.0. The average molecular weight is 1060 g/mol. The molecule has 0 radical (unpaired) electrons. The second kappa shape index (κ2) is 27.0. The third-order valence-corrected chi connectivity index (χ3v) is 12.0. The molecule has 4 aliphatic heterocycles. The van der Waals surface area contributed by atoms with E-state index in [4.69, 9.17) is 62.5 Å². The molecule has 4 saturated heterocycles. The highest BCUT2D eigenvalue weighted by atomic mass is 17.3. The van der Waals surface area contributed by atoms with Crippen LogP contribution in [0.3, 0.4) is 0 Å². The van der Waals surface area contributed by atoms with E-state index in [0.717, 1.165) is 0 Å². The van der Waals surface area contributed by atoms with Crippen molar-refractivity contribution < 1.29 is 144 Å². The molecule has 74 heavy (non-hydrogen) atoms. The molecule has 0 unspecified atom stereocenters. The van der Waals surface area contributed by atoms with Gasteiger partial charge in [0.1, 0.15) is 91.6 Å². The third kappa shape index (κ3) is 13.9. The Morgan fingerprint density at radius 2 is 0.838 bits per heavy atom. The first-order valence-corrected chi connectivity index (χ1v) is 22.7. The van der Waals surface area contributed by atoms with Crippen LogP contribution in [-0.2, 0) is 57.9 Å². The van der Waals surface area contributed by atoms with Crippen molar-refractivity contribution in [2.75, 3.05) is 40.6 Å². The van der Waals surface area contributed by atoms with Crippen molar-refractivity contribution in [3.05, 3.63) is 59.7 Å². The molecule has 2 aromatic carbocycles. The number of aliphatic hydroxyl groups is 13. The van der Waals surface area contributed by atoms with E-state index < -0.39 is 167 Å². The SMILES string of the molecule is COc1cc(/C=C/C(=O)CC(=O)/C=C/c2ccc(O[C@H]3O[C@H](CO)[C@@H](OO[C@H]4O[C@H](CO)[C@@H](OO[C@H]5O[C@H](CO)[C@@H](OO[C@H]6O[C@H](CO)[C@@H](O)[C@H](O)[C@H]6O)[C@H](O)[C@H]5O)[C@H](O)[C@H]4O)[C@H](O)[C@H]3O)c(OC)c2)ccc1O. The summed E-state index contributed by atoms with van der Waals surface area (Å²) in [7, 11) is 2.67. The fourth-order valence-electron chi connectivity index (χ4n) is 7.75. The number of ketones is 2. The second-order valence-corrected chi connectivity index (χ2v) is 17.0. The highest BCUT2D eigenvalue weighted by Gasteiger charge is 2.53. The number of hydrogen-bond acceptors (Lipinski definition) is 29. The maximum atomic E-state index is 12.6. The van der Waals surface area contributed by atoms with E-state index in [0.29, 0.717) is 11.1 Å². The number of allylic oxidation sites excluding steroid dienone is 2. The lowest BCUT2D eigenvalue weighted by Gasteiger charge is -2.44. The lowest BCUT2D eigenvalue weighted by atomic mass is 9.99. The number of hydrogen-bond donors (Lipinski definition) is 14. The zero-order valence-corrected chi connectivity index (χ0v) is 39.2. The molecule has 0 aliphatic carbocycles. The Morgan fingerprint density at radius 3 is 1.27 bits per heavy atom. The number of benzene rings is 2. The van der Waals surface area contributed by atoms with E-state index in [9.17, 15) is 81.1 Å². The Morgan fingerprint density at radius 1 is 0.459 bits per heavy atom. The summed E-state index contributed by atoms with van der Waals surface area (Å²) in [5, 5.41) is 145. The van der Waals surface area contributed by atoms with Crippen LogP contribution >= 0.6 is 0 Å². The summed E-state index contributed by atoms with van der Waals surface area (Å²) in [5.41, 5.74) is 0.985. The van der Waals surface area contributed by atoms with Crippen LogP contribution in [0.2, 0.25) is 0 Å². The van der Waals surface area contributed by atoms with Gasteiger partial charge in [0.05, 0.1) is 47.1 Å². The first-order valence-electron chi connectivity index (χ1n) is 22.7. The van der Waals surface area contributed by atoms with E-state index >= 15 is 0 Å². The van der Waals surface area contributed by atoms with E-state index in [1.807, 2.05) is 0 Å². The number of phenols is 1. The van der Waals surface area contributed by atoms with Gasteiger partial charge in [-0.05, 0) is 47.5 Å². The predicted octanol–water partition coefficient (Wildman–Crippen LogP) is -5.89. The molecular weight excluding hydrogens is 1000 g/mol. The first-order chi connectivity index (χ1) is 35.4.